The van der Waals surface area contributed by atoms with Gasteiger partial charge in [0, 0.05) is 37.8 Å². The van der Waals surface area contributed by atoms with Crippen LogP contribution in [0.1, 0.15) is 83.1 Å². The summed E-state index contributed by atoms with van der Waals surface area (Å²) in [5, 5.41) is 9.86. The molecule has 0 amide bonds. The SMILES string of the molecule is CO[C@H]1CN(c2nc3ccccc3n(C3C[C@H]4CCC[C@@H](C3)N4C3CC4CCCCC(C4)C3)c2=O)[C@@H]1C(=O)O. The molecule has 7 rings (SSSR count). The molecule has 5 fully saturated rings. The van der Waals surface area contributed by atoms with Crippen LogP contribution in [0, 0.1) is 11.8 Å². The number of methoxy groups -OCH3 is 1. The molecule has 1 N–H and O–H groups in total. The Labute approximate surface area is 230 Å². The number of anilines is 1. The average molecular weight is 535 g/mol. The zero-order chi connectivity index (χ0) is 26.7. The number of carboxylic acid groups (broad SMARTS) is 1. The van der Waals surface area contributed by atoms with Crippen molar-refractivity contribution in [3.8, 4) is 0 Å². The van der Waals surface area contributed by atoms with Gasteiger partial charge in [-0.1, -0.05) is 44.2 Å². The number of rotatable bonds is 5. The highest BCUT2D eigenvalue weighted by Crippen LogP contribution is 2.47. The van der Waals surface area contributed by atoms with Gasteiger partial charge in [0.1, 0.15) is 6.10 Å². The maximum atomic E-state index is 14.2. The number of nitrogens with zero attached hydrogens (tertiary/aromatic N) is 4. The van der Waals surface area contributed by atoms with Crippen LogP contribution < -0.4 is 10.5 Å². The maximum Gasteiger partial charge on any atom is 0.329 e. The van der Waals surface area contributed by atoms with E-state index in [9.17, 15) is 14.7 Å². The molecule has 8 heteroatoms. The van der Waals surface area contributed by atoms with Gasteiger partial charge in [-0.15, -0.1) is 0 Å². The molecule has 1 aromatic carbocycles. The van der Waals surface area contributed by atoms with E-state index in [1.807, 2.05) is 28.8 Å². The summed E-state index contributed by atoms with van der Waals surface area (Å²) in [4.78, 5) is 35.5. The van der Waals surface area contributed by atoms with E-state index in [0.29, 0.717) is 24.7 Å². The van der Waals surface area contributed by atoms with Crippen LogP contribution in [0.5, 0.6) is 0 Å². The number of piperidine rings is 2. The highest BCUT2D eigenvalue weighted by atomic mass is 16.5. The van der Waals surface area contributed by atoms with E-state index >= 15 is 0 Å². The van der Waals surface area contributed by atoms with E-state index in [4.69, 9.17) is 9.72 Å². The Morgan fingerprint density at radius 1 is 0.897 bits per heavy atom. The molecule has 0 spiro atoms. The average Bonchev–Trinajstić information content (AvgIpc) is 3.06. The van der Waals surface area contributed by atoms with E-state index in [1.165, 1.54) is 71.3 Å². The molecular weight excluding hydrogens is 492 g/mol. The van der Waals surface area contributed by atoms with Gasteiger partial charge in [-0.3, -0.25) is 9.69 Å². The zero-order valence-corrected chi connectivity index (χ0v) is 23.1. The van der Waals surface area contributed by atoms with Crippen molar-refractivity contribution in [3.63, 3.8) is 0 Å². The van der Waals surface area contributed by atoms with Gasteiger partial charge in [0.15, 0.2) is 11.9 Å². The largest absolute Gasteiger partial charge is 0.480 e. The van der Waals surface area contributed by atoms with Crippen molar-refractivity contribution in [1.29, 1.82) is 0 Å². The molecule has 210 valence electrons. The topological polar surface area (TPSA) is 87.9 Å². The smallest absolute Gasteiger partial charge is 0.329 e. The summed E-state index contributed by atoms with van der Waals surface area (Å²) in [6, 6.07) is 8.81. The van der Waals surface area contributed by atoms with Gasteiger partial charge in [0.2, 0.25) is 0 Å². The third-order valence-electron chi connectivity index (χ3n) is 10.8. The molecule has 5 aliphatic rings. The molecule has 7 atom stereocenters. The minimum atomic E-state index is -0.982. The van der Waals surface area contributed by atoms with Crippen molar-refractivity contribution in [2.75, 3.05) is 18.6 Å². The Balaban J connectivity index is 1.22. The molecule has 4 heterocycles. The molecule has 1 aromatic heterocycles. The van der Waals surface area contributed by atoms with Crippen LogP contribution in [0.25, 0.3) is 11.0 Å². The monoisotopic (exact) mass is 534 g/mol. The molecule has 2 aliphatic carbocycles. The summed E-state index contributed by atoms with van der Waals surface area (Å²) in [5.41, 5.74) is 1.46. The van der Waals surface area contributed by atoms with Gasteiger partial charge in [-0.05, 0) is 68.9 Å². The van der Waals surface area contributed by atoms with Gasteiger partial charge in [-0.25, -0.2) is 9.78 Å². The number of aliphatic carboxylic acids is 1. The molecule has 3 saturated heterocycles. The van der Waals surface area contributed by atoms with Crippen molar-refractivity contribution < 1.29 is 14.6 Å². The van der Waals surface area contributed by atoms with Gasteiger partial charge in [0.05, 0.1) is 11.0 Å². The first kappa shape index (κ1) is 25.5. The summed E-state index contributed by atoms with van der Waals surface area (Å²) in [7, 11) is 1.53. The molecule has 2 saturated carbocycles. The number of benzene rings is 1. The third kappa shape index (κ3) is 4.38. The van der Waals surface area contributed by atoms with Crippen LogP contribution >= 0.6 is 0 Å². The van der Waals surface area contributed by atoms with Gasteiger partial charge in [-0.2, -0.15) is 0 Å². The van der Waals surface area contributed by atoms with Crippen LogP contribution in [0.4, 0.5) is 5.82 Å². The first-order valence-electron chi connectivity index (χ1n) is 15.3. The number of fused-ring (bicyclic) bond motifs is 5. The van der Waals surface area contributed by atoms with Crippen LogP contribution in [0.15, 0.2) is 29.1 Å². The van der Waals surface area contributed by atoms with E-state index in [1.54, 1.807) is 4.90 Å². The molecule has 2 aromatic rings. The lowest BCUT2D eigenvalue weighted by atomic mass is 9.73. The predicted molar refractivity (Wildman–Crippen MR) is 150 cm³/mol. The molecule has 3 aliphatic heterocycles. The van der Waals surface area contributed by atoms with Crippen LogP contribution in [-0.4, -0.2) is 69.5 Å². The Morgan fingerprint density at radius 2 is 1.59 bits per heavy atom. The fraction of sp³-hybridized carbons (Fsp3) is 0.710. The van der Waals surface area contributed by atoms with Crippen LogP contribution in [-0.2, 0) is 9.53 Å². The first-order valence-corrected chi connectivity index (χ1v) is 15.3. The standard InChI is InChI=1S/C31H42N4O4/c1-39-27-18-33(28(27)31(37)38)29-30(36)35(26-12-5-4-11-25(26)32-29)24-16-21-9-6-10-22(17-24)34(21)23-14-19-7-2-3-8-20(13-19)15-23/h4-5,11-12,19-24,27-28H,2-3,6-10,13-18H2,1H3,(H,37,38)/t19?,20?,21-,22+,23?,24?,27-,28-/m0/s1. The number of carboxylic acids is 1. The molecule has 3 unspecified atom stereocenters. The van der Waals surface area contributed by atoms with Gasteiger partial charge < -0.3 is 19.3 Å². The molecule has 4 bridgehead atoms. The number of hydrogen-bond acceptors (Lipinski definition) is 6. The number of carbonyl (C=O) groups is 1. The van der Waals surface area contributed by atoms with Crippen LogP contribution in [0.2, 0.25) is 0 Å². The molecule has 8 nitrogen and oxygen atoms in total. The minimum Gasteiger partial charge on any atom is -0.480 e. The quantitative estimate of drug-likeness (QED) is 0.600. The van der Waals surface area contributed by atoms with Crippen molar-refractivity contribution in [1.82, 2.24) is 14.5 Å². The lowest BCUT2D eigenvalue weighted by Gasteiger charge is -2.54. The highest BCUT2D eigenvalue weighted by molar-refractivity contribution is 5.83. The molecule has 39 heavy (non-hydrogen) atoms. The van der Waals surface area contributed by atoms with E-state index in [2.05, 4.69) is 4.90 Å². The van der Waals surface area contributed by atoms with E-state index in [0.717, 1.165) is 35.7 Å². The Morgan fingerprint density at radius 3 is 2.26 bits per heavy atom. The second-order valence-electron chi connectivity index (χ2n) is 13.0. The zero-order valence-electron chi connectivity index (χ0n) is 23.1. The van der Waals surface area contributed by atoms with Gasteiger partial charge >= 0.3 is 5.97 Å². The first-order chi connectivity index (χ1) is 19.0. The Kier molecular flexibility index (Phi) is 6.66. The fourth-order valence-corrected chi connectivity index (χ4v) is 9.18. The summed E-state index contributed by atoms with van der Waals surface area (Å²) >= 11 is 0. The summed E-state index contributed by atoms with van der Waals surface area (Å²) in [6.45, 7) is 0.363. The third-order valence-corrected chi connectivity index (χ3v) is 10.8. The van der Waals surface area contributed by atoms with E-state index < -0.39 is 18.1 Å². The number of hydrogen-bond donors (Lipinski definition) is 1. The molecular formula is C31H42N4O4. The van der Waals surface area contributed by atoms with Crippen molar-refractivity contribution >= 4 is 22.8 Å². The van der Waals surface area contributed by atoms with Crippen molar-refractivity contribution in [3.05, 3.63) is 34.6 Å². The molecule has 0 radical (unpaired) electrons. The number of ether oxygens (including phenoxy) is 1. The number of aromatic nitrogens is 2. The highest BCUT2D eigenvalue weighted by Gasteiger charge is 2.48. The summed E-state index contributed by atoms with van der Waals surface area (Å²) in [6.07, 6.45) is 15.1. The number of para-hydroxylation sites is 2. The maximum absolute atomic E-state index is 14.2. The Hall–Kier alpha value is -2.45. The lowest BCUT2D eigenvalue weighted by Crippen LogP contribution is -2.66. The van der Waals surface area contributed by atoms with Crippen LogP contribution in [0.3, 0.4) is 0 Å². The second-order valence-corrected chi connectivity index (χ2v) is 13.0. The van der Waals surface area contributed by atoms with E-state index in [-0.39, 0.29) is 17.4 Å². The summed E-state index contributed by atoms with van der Waals surface area (Å²) < 4.78 is 7.36. The fourth-order valence-electron chi connectivity index (χ4n) is 9.18. The summed E-state index contributed by atoms with van der Waals surface area (Å²) in [5.74, 6) is 1.07. The van der Waals surface area contributed by atoms with Gasteiger partial charge in [0.25, 0.3) is 5.56 Å². The second kappa shape index (κ2) is 10.2. The predicted octanol–water partition coefficient (Wildman–Crippen LogP) is 4.60. The van der Waals surface area contributed by atoms with Crippen molar-refractivity contribution in [2.45, 2.75) is 113 Å². The Bertz CT molecular complexity index is 1270. The normalized spacial score (nSPS) is 36.8. The lowest BCUT2D eigenvalue weighted by molar-refractivity contribution is -0.145. The minimum absolute atomic E-state index is 0.101. The van der Waals surface area contributed by atoms with Crippen molar-refractivity contribution in [2.24, 2.45) is 11.8 Å².